The zero-order chi connectivity index (χ0) is 15.4. The van der Waals surface area contributed by atoms with Crippen molar-refractivity contribution in [3.05, 3.63) is 46.2 Å². The summed E-state index contributed by atoms with van der Waals surface area (Å²) >= 11 is 3.57. The van der Waals surface area contributed by atoms with Crippen LogP contribution in [0.25, 0.3) is 0 Å². The van der Waals surface area contributed by atoms with Crippen molar-refractivity contribution in [2.24, 2.45) is 5.84 Å². The van der Waals surface area contributed by atoms with Gasteiger partial charge >= 0.3 is 0 Å². The third kappa shape index (κ3) is 3.28. The van der Waals surface area contributed by atoms with Crippen LogP contribution in [0.2, 0.25) is 0 Å². The largest absolute Gasteiger partial charge is 0.494 e. The molecule has 5 nitrogen and oxygen atoms in total. The molecule has 0 saturated carbocycles. The second kappa shape index (κ2) is 7.06. The molecule has 0 aliphatic heterocycles. The lowest BCUT2D eigenvalue weighted by Gasteiger charge is -2.22. The molecule has 6 heteroatoms. The molecular weight excluding hydrogens is 332 g/mol. The number of nitrogens with one attached hydrogen (secondary N) is 1. The topological polar surface area (TPSA) is 65.1 Å². The zero-order valence-corrected chi connectivity index (χ0v) is 14.1. The van der Waals surface area contributed by atoms with Crippen LogP contribution in [-0.4, -0.2) is 16.4 Å². The summed E-state index contributed by atoms with van der Waals surface area (Å²) in [5.74, 6) is 6.66. The standard InChI is InChI=1S/C15H21BrN4O/c1-4-21-13-8-6-5-7-11(13)14(19-17)15-12(16)9-18-20(15)10(2)3/h5-10,14,19H,4,17H2,1-3H3. The number of rotatable bonds is 6. The highest BCUT2D eigenvalue weighted by Gasteiger charge is 2.24. The first kappa shape index (κ1) is 16.0. The highest BCUT2D eigenvalue weighted by Crippen LogP contribution is 2.34. The molecule has 1 aromatic carbocycles. The fourth-order valence-corrected chi connectivity index (χ4v) is 2.86. The molecule has 0 aliphatic rings. The van der Waals surface area contributed by atoms with E-state index in [1.54, 1.807) is 6.20 Å². The summed E-state index contributed by atoms with van der Waals surface area (Å²) in [5.41, 5.74) is 4.86. The summed E-state index contributed by atoms with van der Waals surface area (Å²) < 4.78 is 8.59. The molecule has 1 heterocycles. The van der Waals surface area contributed by atoms with Crippen LogP contribution < -0.4 is 16.0 Å². The maximum absolute atomic E-state index is 5.83. The van der Waals surface area contributed by atoms with E-state index >= 15 is 0 Å². The predicted molar refractivity (Wildman–Crippen MR) is 87.1 cm³/mol. The van der Waals surface area contributed by atoms with Gasteiger partial charge in [0.1, 0.15) is 5.75 Å². The van der Waals surface area contributed by atoms with Crippen LogP contribution >= 0.6 is 15.9 Å². The van der Waals surface area contributed by atoms with Gasteiger partial charge in [-0.2, -0.15) is 5.10 Å². The number of nitrogens with two attached hydrogens (primary N) is 1. The normalized spacial score (nSPS) is 12.7. The first-order valence-electron chi connectivity index (χ1n) is 7.00. The molecule has 1 aromatic heterocycles. The number of hydrazine groups is 1. The monoisotopic (exact) mass is 352 g/mol. The molecule has 3 N–H and O–H groups in total. The van der Waals surface area contributed by atoms with Gasteiger partial charge in [0, 0.05) is 11.6 Å². The Morgan fingerprint density at radius 2 is 2.10 bits per heavy atom. The lowest BCUT2D eigenvalue weighted by Crippen LogP contribution is -2.31. The van der Waals surface area contributed by atoms with Crippen molar-refractivity contribution in [3.8, 4) is 5.75 Å². The molecule has 0 radical (unpaired) electrons. The fourth-order valence-electron chi connectivity index (χ4n) is 2.35. The van der Waals surface area contributed by atoms with Gasteiger partial charge in [0.25, 0.3) is 0 Å². The van der Waals surface area contributed by atoms with Gasteiger partial charge in [-0.3, -0.25) is 10.5 Å². The number of benzene rings is 1. The number of halogens is 1. The van der Waals surface area contributed by atoms with Crippen LogP contribution in [0.4, 0.5) is 0 Å². The summed E-state index contributed by atoms with van der Waals surface area (Å²) in [6, 6.07) is 7.93. The molecule has 0 bridgehead atoms. The average Bonchev–Trinajstić information content (AvgIpc) is 2.84. The Kier molecular flexibility index (Phi) is 5.39. The average molecular weight is 353 g/mol. The maximum atomic E-state index is 5.83. The van der Waals surface area contributed by atoms with Crippen LogP contribution in [0.1, 0.15) is 44.1 Å². The van der Waals surface area contributed by atoms with E-state index in [1.165, 1.54) is 0 Å². The lowest BCUT2D eigenvalue weighted by atomic mass is 10.0. The highest BCUT2D eigenvalue weighted by atomic mass is 79.9. The minimum Gasteiger partial charge on any atom is -0.494 e. The third-order valence-corrected chi connectivity index (χ3v) is 3.86. The molecule has 0 spiro atoms. The molecule has 0 amide bonds. The molecule has 1 unspecified atom stereocenters. The molecule has 0 saturated heterocycles. The molecule has 0 fully saturated rings. The van der Waals surface area contributed by atoms with E-state index in [0.717, 1.165) is 21.5 Å². The third-order valence-electron chi connectivity index (χ3n) is 3.25. The first-order chi connectivity index (χ1) is 10.1. The Morgan fingerprint density at radius 1 is 1.38 bits per heavy atom. The quantitative estimate of drug-likeness (QED) is 0.618. The van der Waals surface area contributed by atoms with E-state index in [0.29, 0.717) is 6.61 Å². The molecule has 1 atom stereocenters. The summed E-state index contributed by atoms with van der Waals surface area (Å²) in [6.07, 6.45) is 1.79. The number of hydrogen-bond acceptors (Lipinski definition) is 4. The number of hydrogen-bond donors (Lipinski definition) is 2. The Hall–Kier alpha value is -1.37. The van der Waals surface area contributed by atoms with E-state index in [9.17, 15) is 0 Å². The van der Waals surface area contributed by atoms with Crippen molar-refractivity contribution in [2.45, 2.75) is 32.9 Å². The van der Waals surface area contributed by atoms with Crippen molar-refractivity contribution in [1.82, 2.24) is 15.2 Å². The number of para-hydroxylation sites is 1. The maximum Gasteiger partial charge on any atom is 0.124 e. The smallest absolute Gasteiger partial charge is 0.124 e. The van der Waals surface area contributed by atoms with Gasteiger partial charge in [-0.1, -0.05) is 18.2 Å². The van der Waals surface area contributed by atoms with E-state index in [4.69, 9.17) is 10.6 Å². The van der Waals surface area contributed by atoms with Crippen molar-refractivity contribution < 1.29 is 4.74 Å². The summed E-state index contributed by atoms with van der Waals surface area (Å²) in [6.45, 7) is 6.75. The number of ether oxygens (including phenoxy) is 1. The van der Waals surface area contributed by atoms with Crippen LogP contribution in [0.15, 0.2) is 34.9 Å². The van der Waals surface area contributed by atoms with Gasteiger partial charge in [-0.15, -0.1) is 0 Å². The Balaban J connectivity index is 2.53. The Bertz CT molecular complexity index is 597. The Morgan fingerprint density at radius 3 is 2.71 bits per heavy atom. The van der Waals surface area contributed by atoms with Crippen LogP contribution in [0.3, 0.4) is 0 Å². The SMILES string of the molecule is CCOc1ccccc1C(NN)c1c(Br)cnn1C(C)C. The van der Waals surface area contributed by atoms with Crippen LogP contribution in [-0.2, 0) is 0 Å². The van der Waals surface area contributed by atoms with Gasteiger partial charge in [-0.05, 0) is 42.8 Å². The molecule has 21 heavy (non-hydrogen) atoms. The van der Waals surface area contributed by atoms with Crippen LogP contribution in [0.5, 0.6) is 5.75 Å². The Labute approximate surface area is 133 Å². The zero-order valence-electron chi connectivity index (χ0n) is 12.5. The van der Waals surface area contributed by atoms with Crippen molar-refractivity contribution in [2.75, 3.05) is 6.61 Å². The van der Waals surface area contributed by atoms with E-state index < -0.39 is 0 Å². The molecule has 0 aliphatic carbocycles. The highest BCUT2D eigenvalue weighted by molar-refractivity contribution is 9.10. The van der Waals surface area contributed by atoms with Gasteiger partial charge in [0.2, 0.25) is 0 Å². The summed E-state index contributed by atoms with van der Waals surface area (Å²) in [7, 11) is 0. The fraction of sp³-hybridized carbons (Fsp3) is 0.400. The van der Waals surface area contributed by atoms with Crippen molar-refractivity contribution in [3.63, 3.8) is 0 Å². The molecular formula is C15H21BrN4O. The van der Waals surface area contributed by atoms with Gasteiger partial charge < -0.3 is 4.74 Å². The van der Waals surface area contributed by atoms with Crippen LogP contribution in [0, 0.1) is 0 Å². The van der Waals surface area contributed by atoms with E-state index in [2.05, 4.69) is 40.3 Å². The second-order valence-electron chi connectivity index (χ2n) is 4.99. The minimum atomic E-state index is -0.202. The molecule has 114 valence electrons. The predicted octanol–water partition coefficient (Wildman–Crippen LogP) is 3.18. The number of nitrogens with zero attached hydrogens (tertiary/aromatic N) is 2. The van der Waals surface area contributed by atoms with Gasteiger partial charge in [0.15, 0.2) is 0 Å². The van der Waals surface area contributed by atoms with Gasteiger partial charge in [0.05, 0.1) is 29.0 Å². The van der Waals surface area contributed by atoms with E-state index in [1.807, 2.05) is 35.9 Å². The first-order valence-corrected chi connectivity index (χ1v) is 7.80. The van der Waals surface area contributed by atoms with E-state index in [-0.39, 0.29) is 12.1 Å². The van der Waals surface area contributed by atoms with Crippen molar-refractivity contribution in [1.29, 1.82) is 0 Å². The second-order valence-corrected chi connectivity index (χ2v) is 5.84. The van der Waals surface area contributed by atoms with Crippen molar-refractivity contribution >= 4 is 15.9 Å². The molecule has 2 aromatic rings. The lowest BCUT2D eigenvalue weighted by molar-refractivity contribution is 0.332. The molecule has 2 rings (SSSR count). The summed E-state index contributed by atoms with van der Waals surface area (Å²) in [5, 5.41) is 4.42. The van der Waals surface area contributed by atoms with Gasteiger partial charge in [-0.25, -0.2) is 5.43 Å². The number of aromatic nitrogens is 2. The minimum absolute atomic E-state index is 0.202. The summed E-state index contributed by atoms with van der Waals surface area (Å²) in [4.78, 5) is 0.